The third-order valence-electron chi connectivity index (χ3n) is 4.50. The summed E-state index contributed by atoms with van der Waals surface area (Å²) in [4.78, 5) is 16.2. The lowest BCUT2D eigenvalue weighted by Crippen LogP contribution is -2.08. The molecule has 1 aromatic heterocycles. The first kappa shape index (κ1) is 15.4. The molecular weight excluding hydrogens is 338 g/mol. The molecule has 2 nitrogen and oxygen atoms in total. The van der Waals surface area contributed by atoms with E-state index in [4.69, 9.17) is 0 Å². The number of ketones is 1. The maximum Gasteiger partial charge on any atom is 0.180 e. The minimum Gasteiger partial charge on any atom is -0.293 e. The summed E-state index contributed by atoms with van der Waals surface area (Å²) in [5, 5.41) is 0. The molecule has 1 heterocycles. The normalized spacial score (nSPS) is 17.1. The summed E-state index contributed by atoms with van der Waals surface area (Å²) >= 11 is 3.51. The Morgan fingerprint density at radius 3 is 2.27 bits per heavy atom. The number of pyridine rings is 1. The second-order valence-corrected chi connectivity index (χ2v) is 6.88. The lowest BCUT2D eigenvalue weighted by Gasteiger charge is -2.22. The van der Waals surface area contributed by atoms with Crippen LogP contribution in [-0.4, -0.2) is 10.8 Å². The SMILES string of the molecule is O=C(c1ccc(C2CCCCC2)cc1)C(Br)c1ccncc1. The molecule has 114 valence electrons. The van der Waals surface area contributed by atoms with Crippen molar-refractivity contribution in [1.82, 2.24) is 4.98 Å². The lowest BCUT2D eigenvalue weighted by molar-refractivity contribution is 0.0991. The molecule has 0 radical (unpaired) electrons. The van der Waals surface area contributed by atoms with Crippen LogP contribution in [-0.2, 0) is 0 Å². The minimum absolute atomic E-state index is 0.0985. The van der Waals surface area contributed by atoms with E-state index < -0.39 is 0 Å². The molecule has 1 aromatic carbocycles. The molecule has 2 aromatic rings. The minimum atomic E-state index is -0.309. The van der Waals surface area contributed by atoms with Gasteiger partial charge in [0.1, 0.15) is 4.83 Å². The second-order valence-electron chi connectivity index (χ2n) is 5.96. The van der Waals surface area contributed by atoms with Crippen LogP contribution in [0.2, 0.25) is 0 Å². The monoisotopic (exact) mass is 357 g/mol. The van der Waals surface area contributed by atoms with Crippen LogP contribution >= 0.6 is 15.9 Å². The van der Waals surface area contributed by atoms with Crippen molar-refractivity contribution in [3.63, 3.8) is 0 Å². The number of aromatic nitrogens is 1. The molecule has 0 spiro atoms. The molecule has 22 heavy (non-hydrogen) atoms. The number of benzene rings is 1. The van der Waals surface area contributed by atoms with E-state index in [1.165, 1.54) is 37.7 Å². The quantitative estimate of drug-likeness (QED) is 0.537. The number of hydrogen-bond acceptors (Lipinski definition) is 2. The van der Waals surface area contributed by atoms with Gasteiger partial charge in [-0.3, -0.25) is 9.78 Å². The Hall–Kier alpha value is -1.48. The van der Waals surface area contributed by atoms with E-state index in [0.717, 1.165) is 11.1 Å². The Morgan fingerprint density at radius 2 is 1.64 bits per heavy atom. The highest BCUT2D eigenvalue weighted by Crippen LogP contribution is 2.33. The van der Waals surface area contributed by atoms with E-state index in [2.05, 4.69) is 33.0 Å². The van der Waals surface area contributed by atoms with E-state index in [-0.39, 0.29) is 10.6 Å². The highest BCUT2D eigenvalue weighted by atomic mass is 79.9. The van der Waals surface area contributed by atoms with Gasteiger partial charge in [0.15, 0.2) is 5.78 Å². The number of hydrogen-bond donors (Lipinski definition) is 0. The zero-order chi connectivity index (χ0) is 15.4. The smallest absolute Gasteiger partial charge is 0.180 e. The van der Waals surface area contributed by atoms with Gasteiger partial charge in [0.25, 0.3) is 0 Å². The van der Waals surface area contributed by atoms with E-state index in [0.29, 0.717) is 5.92 Å². The fourth-order valence-corrected chi connectivity index (χ4v) is 3.76. The van der Waals surface area contributed by atoms with Gasteiger partial charge in [-0.1, -0.05) is 59.5 Å². The molecule has 1 unspecified atom stereocenters. The standard InChI is InChI=1S/C19H20BrNO/c20-18(16-10-12-21-13-11-16)19(22)17-8-6-15(7-9-17)14-4-2-1-3-5-14/h6-14,18H,1-5H2. The molecule has 1 aliphatic carbocycles. The number of carbonyl (C=O) groups excluding carboxylic acids is 1. The van der Waals surface area contributed by atoms with Gasteiger partial charge in [0.05, 0.1) is 0 Å². The molecule has 0 bridgehead atoms. The van der Waals surface area contributed by atoms with Crippen molar-refractivity contribution in [2.45, 2.75) is 42.8 Å². The van der Waals surface area contributed by atoms with E-state index >= 15 is 0 Å². The zero-order valence-corrected chi connectivity index (χ0v) is 14.1. The average molecular weight is 358 g/mol. The van der Waals surface area contributed by atoms with Gasteiger partial charge in [0, 0.05) is 18.0 Å². The predicted molar refractivity (Wildman–Crippen MR) is 92.5 cm³/mol. The number of alkyl halides is 1. The third-order valence-corrected chi connectivity index (χ3v) is 5.45. The van der Waals surface area contributed by atoms with Gasteiger partial charge in [-0.2, -0.15) is 0 Å². The fourth-order valence-electron chi connectivity index (χ4n) is 3.19. The molecule has 0 aliphatic heterocycles. The van der Waals surface area contributed by atoms with Crippen LogP contribution in [0.3, 0.4) is 0 Å². The Kier molecular flexibility index (Phi) is 5.04. The van der Waals surface area contributed by atoms with Gasteiger partial charge in [-0.25, -0.2) is 0 Å². The topological polar surface area (TPSA) is 30.0 Å². The number of Topliss-reactive ketones (excluding diaryl/α,β-unsaturated/α-hetero) is 1. The molecule has 1 aliphatic rings. The van der Waals surface area contributed by atoms with Crippen molar-refractivity contribution in [1.29, 1.82) is 0 Å². The van der Waals surface area contributed by atoms with E-state index in [9.17, 15) is 4.79 Å². The average Bonchev–Trinajstić information content (AvgIpc) is 2.62. The van der Waals surface area contributed by atoms with E-state index in [1.54, 1.807) is 12.4 Å². The lowest BCUT2D eigenvalue weighted by atomic mass is 9.84. The highest BCUT2D eigenvalue weighted by molar-refractivity contribution is 9.09. The van der Waals surface area contributed by atoms with Crippen LogP contribution in [0.4, 0.5) is 0 Å². The number of rotatable bonds is 4. The first-order valence-electron chi connectivity index (χ1n) is 7.94. The molecule has 1 saturated carbocycles. The van der Waals surface area contributed by atoms with Crippen LogP contribution in [0.5, 0.6) is 0 Å². The highest BCUT2D eigenvalue weighted by Gasteiger charge is 2.20. The second kappa shape index (κ2) is 7.19. The van der Waals surface area contributed by atoms with Crippen LogP contribution < -0.4 is 0 Å². The molecule has 3 heteroatoms. The Labute approximate surface area is 140 Å². The van der Waals surface area contributed by atoms with Crippen LogP contribution in [0.15, 0.2) is 48.8 Å². The van der Waals surface area contributed by atoms with Gasteiger partial charge in [0.2, 0.25) is 0 Å². The number of halogens is 1. The van der Waals surface area contributed by atoms with Crippen molar-refractivity contribution in [2.24, 2.45) is 0 Å². The third kappa shape index (κ3) is 3.46. The fraction of sp³-hybridized carbons (Fsp3) is 0.368. The van der Waals surface area contributed by atoms with Gasteiger partial charge >= 0.3 is 0 Å². The number of nitrogens with zero attached hydrogens (tertiary/aromatic N) is 1. The van der Waals surface area contributed by atoms with Crippen LogP contribution in [0, 0.1) is 0 Å². The molecule has 1 fully saturated rings. The van der Waals surface area contributed by atoms with E-state index in [1.807, 2.05) is 24.3 Å². The summed E-state index contributed by atoms with van der Waals surface area (Å²) in [6.07, 6.45) is 10.0. The zero-order valence-electron chi connectivity index (χ0n) is 12.5. The molecule has 3 rings (SSSR count). The van der Waals surface area contributed by atoms with Crippen molar-refractivity contribution in [3.05, 3.63) is 65.5 Å². The summed E-state index contributed by atoms with van der Waals surface area (Å²) < 4.78 is 0. The van der Waals surface area contributed by atoms with Crippen molar-refractivity contribution < 1.29 is 4.79 Å². The van der Waals surface area contributed by atoms with Gasteiger partial charge in [-0.15, -0.1) is 0 Å². The Morgan fingerprint density at radius 1 is 1.00 bits per heavy atom. The Bertz CT molecular complexity index is 618. The maximum atomic E-state index is 12.6. The predicted octanol–water partition coefficient (Wildman–Crippen LogP) is 5.45. The molecule has 0 amide bonds. The first-order chi connectivity index (χ1) is 10.8. The summed E-state index contributed by atoms with van der Waals surface area (Å²) in [6.45, 7) is 0. The Balaban J connectivity index is 1.73. The summed E-state index contributed by atoms with van der Waals surface area (Å²) in [5.41, 5.74) is 3.08. The van der Waals surface area contributed by atoms with Crippen LogP contribution in [0.1, 0.15) is 64.3 Å². The first-order valence-corrected chi connectivity index (χ1v) is 8.85. The molecule has 0 N–H and O–H groups in total. The summed E-state index contributed by atoms with van der Waals surface area (Å²) in [5.74, 6) is 0.777. The molecular formula is C19H20BrNO. The van der Waals surface area contributed by atoms with Crippen molar-refractivity contribution in [2.75, 3.05) is 0 Å². The van der Waals surface area contributed by atoms with Crippen molar-refractivity contribution in [3.8, 4) is 0 Å². The summed E-state index contributed by atoms with van der Waals surface area (Å²) in [7, 11) is 0. The van der Waals surface area contributed by atoms with Crippen molar-refractivity contribution >= 4 is 21.7 Å². The summed E-state index contributed by atoms with van der Waals surface area (Å²) in [6, 6.07) is 12.0. The maximum absolute atomic E-state index is 12.6. The largest absolute Gasteiger partial charge is 0.293 e. The van der Waals surface area contributed by atoms with Gasteiger partial charge < -0.3 is 0 Å². The van der Waals surface area contributed by atoms with Gasteiger partial charge in [-0.05, 0) is 42.0 Å². The molecule has 1 atom stereocenters. The molecule has 0 saturated heterocycles. The number of carbonyl (C=O) groups is 1. The van der Waals surface area contributed by atoms with Crippen LogP contribution in [0.25, 0.3) is 0 Å².